The van der Waals surface area contributed by atoms with Gasteiger partial charge in [-0.3, -0.25) is 14.5 Å². The van der Waals surface area contributed by atoms with Crippen LogP contribution in [0, 0.1) is 6.92 Å². The van der Waals surface area contributed by atoms with Gasteiger partial charge in [0.05, 0.1) is 0 Å². The highest BCUT2D eigenvalue weighted by Crippen LogP contribution is 2.39. The van der Waals surface area contributed by atoms with E-state index in [4.69, 9.17) is 10.7 Å². The summed E-state index contributed by atoms with van der Waals surface area (Å²) in [5, 5.41) is 0. The quantitative estimate of drug-likeness (QED) is 0.450. The first-order valence-corrected chi connectivity index (χ1v) is 11.9. The Hall–Kier alpha value is -3.73. The summed E-state index contributed by atoms with van der Waals surface area (Å²) in [4.78, 5) is 32.4. The van der Waals surface area contributed by atoms with Crippen molar-refractivity contribution in [3.05, 3.63) is 107 Å². The van der Waals surface area contributed by atoms with Crippen LogP contribution in [-0.2, 0) is 21.5 Å². The molecule has 1 aliphatic rings. The molecule has 0 saturated carbocycles. The number of amides is 1. The summed E-state index contributed by atoms with van der Waals surface area (Å²) in [6, 6.07) is 27.3. The topological polar surface area (TPSA) is 75.8 Å². The summed E-state index contributed by atoms with van der Waals surface area (Å²) in [6.45, 7) is 2.52. The van der Waals surface area contributed by atoms with Gasteiger partial charge in [0.2, 0.25) is 0 Å². The molecule has 0 radical (unpaired) electrons. The van der Waals surface area contributed by atoms with Crippen molar-refractivity contribution < 1.29 is 9.59 Å². The molecular formula is C29H31N3O2. The lowest BCUT2D eigenvalue weighted by atomic mass is 9.83. The molecule has 0 bridgehead atoms. The number of carbonyl (C=O) groups excluding carboxylic acids is 2. The zero-order valence-corrected chi connectivity index (χ0v) is 19.6. The van der Waals surface area contributed by atoms with Crippen LogP contribution in [-0.4, -0.2) is 29.1 Å². The van der Waals surface area contributed by atoms with Crippen molar-refractivity contribution in [2.24, 2.45) is 10.7 Å². The zero-order chi connectivity index (χ0) is 24.0. The van der Waals surface area contributed by atoms with E-state index in [1.807, 2.05) is 85.8 Å². The number of rotatable bonds is 10. The van der Waals surface area contributed by atoms with Gasteiger partial charge in [0.15, 0.2) is 11.5 Å². The van der Waals surface area contributed by atoms with Gasteiger partial charge < -0.3 is 5.73 Å². The Balaban J connectivity index is 1.36. The second-order valence-corrected chi connectivity index (χ2v) is 8.88. The number of aliphatic imine (C=N–C) groups is 1. The average molecular weight is 454 g/mol. The lowest BCUT2D eigenvalue weighted by Gasteiger charge is -2.27. The number of unbranched alkanes of at least 4 members (excludes halogenated alkanes) is 2. The molecule has 5 heteroatoms. The number of Topliss-reactive ketones (excluding diaryl/α,β-unsaturated/α-hetero) is 1. The van der Waals surface area contributed by atoms with E-state index >= 15 is 0 Å². The summed E-state index contributed by atoms with van der Waals surface area (Å²) in [6.07, 6.45) is 3.43. The van der Waals surface area contributed by atoms with E-state index in [0.717, 1.165) is 36.0 Å². The first kappa shape index (κ1) is 23.4. The highest BCUT2D eigenvalue weighted by atomic mass is 16.2. The Kier molecular flexibility index (Phi) is 7.21. The van der Waals surface area contributed by atoms with Gasteiger partial charge in [0.1, 0.15) is 5.78 Å². The molecule has 3 aromatic rings. The van der Waals surface area contributed by atoms with E-state index in [-0.39, 0.29) is 17.6 Å². The minimum absolute atomic E-state index is 0.127. The predicted molar refractivity (Wildman–Crippen MR) is 135 cm³/mol. The summed E-state index contributed by atoms with van der Waals surface area (Å²) in [7, 11) is 0. The van der Waals surface area contributed by atoms with Crippen molar-refractivity contribution in [2.75, 3.05) is 6.54 Å². The first-order chi connectivity index (χ1) is 16.5. The lowest BCUT2D eigenvalue weighted by Crippen LogP contribution is -2.44. The molecule has 1 amide bonds. The number of guanidine groups is 1. The van der Waals surface area contributed by atoms with Crippen molar-refractivity contribution in [1.82, 2.24) is 4.90 Å². The minimum atomic E-state index is -1.16. The van der Waals surface area contributed by atoms with Gasteiger partial charge in [-0.1, -0.05) is 96.9 Å². The maximum atomic E-state index is 13.7. The molecule has 5 nitrogen and oxygen atoms in total. The lowest BCUT2D eigenvalue weighted by molar-refractivity contribution is -0.130. The van der Waals surface area contributed by atoms with Crippen molar-refractivity contribution in [2.45, 2.75) is 44.6 Å². The van der Waals surface area contributed by atoms with E-state index in [1.54, 1.807) is 4.90 Å². The normalized spacial score (nSPS) is 14.8. The maximum Gasteiger partial charge on any atom is 0.266 e. The van der Waals surface area contributed by atoms with Crippen LogP contribution in [0.25, 0.3) is 0 Å². The van der Waals surface area contributed by atoms with Crippen molar-refractivity contribution in [3.8, 4) is 0 Å². The summed E-state index contributed by atoms with van der Waals surface area (Å²) >= 11 is 0. The standard InChI is InChI=1S/C29H31N3O2/c1-22-12-11-13-23(20-22)21-26(33)18-9-4-10-19-32-27(34)29(31-28(32)30,24-14-5-2-6-15-24)25-16-7-3-8-17-25/h2-3,5-8,11-17,20H,4,9-10,18-19,21H2,1H3,(H2,30,31). The van der Waals surface area contributed by atoms with E-state index in [2.05, 4.69) is 6.07 Å². The molecule has 174 valence electrons. The fourth-order valence-corrected chi connectivity index (χ4v) is 4.60. The molecule has 0 fully saturated rings. The highest BCUT2D eigenvalue weighted by Gasteiger charge is 2.50. The third-order valence-corrected chi connectivity index (χ3v) is 6.32. The van der Waals surface area contributed by atoms with E-state index < -0.39 is 5.54 Å². The number of carbonyl (C=O) groups is 2. The Morgan fingerprint density at radius 3 is 2.15 bits per heavy atom. The van der Waals surface area contributed by atoms with Crippen molar-refractivity contribution in [3.63, 3.8) is 0 Å². The number of nitrogens with two attached hydrogens (primary N) is 1. The molecule has 0 unspecified atom stereocenters. The largest absolute Gasteiger partial charge is 0.369 e. The van der Waals surface area contributed by atoms with Crippen LogP contribution in [0.5, 0.6) is 0 Å². The van der Waals surface area contributed by atoms with Crippen LogP contribution in [0.3, 0.4) is 0 Å². The van der Waals surface area contributed by atoms with E-state index in [1.165, 1.54) is 5.56 Å². The van der Waals surface area contributed by atoms with Gasteiger partial charge in [0, 0.05) is 19.4 Å². The Morgan fingerprint density at radius 2 is 1.53 bits per heavy atom. The Bertz CT molecular complexity index is 1130. The number of benzene rings is 3. The third-order valence-electron chi connectivity index (χ3n) is 6.32. The molecule has 1 heterocycles. The van der Waals surface area contributed by atoms with Crippen LogP contribution in [0.4, 0.5) is 0 Å². The van der Waals surface area contributed by atoms with Gasteiger partial charge in [-0.25, -0.2) is 4.99 Å². The fraction of sp³-hybridized carbons (Fsp3) is 0.276. The monoisotopic (exact) mass is 453 g/mol. The SMILES string of the molecule is Cc1cccc(CC(=O)CCCCCN2C(=O)C(c3ccccc3)(c3ccccc3)N=C2N)c1. The number of hydrogen-bond donors (Lipinski definition) is 1. The molecule has 34 heavy (non-hydrogen) atoms. The Morgan fingerprint density at radius 1 is 0.882 bits per heavy atom. The zero-order valence-electron chi connectivity index (χ0n) is 19.6. The Labute approximate surface area is 201 Å². The molecule has 3 aromatic carbocycles. The van der Waals surface area contributed by atoms with Gasteiger partial charge >= 0.3 is 0 Å². The van der Waals surface area contributed by atoms with Gasteiger partial charge in [-0.15, -0.1) is 0 Å². The molecule has 2 N–H and O–H groups in total. The second-order valence-electron chi connectivity index (χ2n) is 8.88. The maximum absolute atomic E-state index is 13.7. The van der Waals surface area contributed by atoms with Gasteiger partial charge in [-0.2, -0.15) is 0 Å². The molecule has 0 aromatic heterocycles. The second kappa shape index (κ2) is 10.5. The van der Waals surface area contributed by atoms with Crippen molar-refractivity contribution in [1.29, 1.82) is 0 Å². The number of ketones is 1. The number of nitrogens with zero attached hydrogens (tertiary/aromatic N) is 2. The van der Waals surface area contributed by atoms with Gasteiger partial charge in [-0.05, 0) is 36.5 Å². The van der Waals surface area contributed by atoms with Crippen LogP contribution in [0.1, 0.15) is 47.9 Å². The molecule has 4 rings (SSSR count). The van der Waals surface area contributed by atoms with Gasteiger partial charge in [0.25, 0.3) is 5.91 Å². The summed E-state index contributed by atoms with van der Waals surface area (Å²) in [5.41, 5.74) is 8.97. The first-order valence-electron chi connectivity index (χ1n) is 11.9. The number of aryl methyl sites for hydroxylation is 1. The molecule has 0 atom stereocenters. The van der Waals surface area contributed by atoms with Crippen LogP contribution in [0.15, 0.2) is 89.9 Å². The predicted octanol–water partition coefficient (Wildman–Crippen LogP) is 4.77. The van der Waals surface area contributed by atoms with Crippen LogP contribution < -0.4 is 5.73 Å². The van der Waals surface area contributed by atoms with Crippen LogP contribution >= 0.6 is 0 Å². The van der Waals surface area contributed by atoms with E-state index in [9.17, 15) is 9.59 Å². The number of hydrogen-bond acceptors (Lipinski definition) is 4. The molecule has 1 aliphatic heterocycles. The molecule has 0 spiro atoms. The van der Waals surface area contributed by atoms with Crippen molar-refractivity contribution >= 4 is 17.6 Å². The fourth-order valence-electron chi connectivity index (χ4n) is 4.60. The average Bonchev–Trinajstić information content (AvgIpc) is 3.10. The highest BCUT2D eigenvalue weighted by molar-refractivity contribution is 6.09. The third kappa shape index (κ3) is 4.93. The summed E-state index contributed by atoms with van der Waals surface area (Å²) in [5.74, 6) is 0.363. The molecule has 0 aliphatic carbocycles. The van der Waals surface area contributed by atoms with Crippen LogP contribution in [0.2, 0.25) is 0 Å². The smallest absolute Gasteiger partial charge is 0.266 e. The summed E-state index contributed by atoms with van der Waals surface area (Å²) < 4.78 is 0. The van der Waals surface area contributed by atoms with E-state index in [0.29, 0.717) is 19.4 Å². The molecule has 0 saturated heterocycles. The minimum Gasteiger partial charge on any atom is -0.369 e. The molecular weight excluding hydrogens is 422 g/mol.